The SMILES string of the molecule is O=C(NCCC(F)(F)F)c1ccc(-c2cscn2)cc1. The van der Waals surface area contributed by atoms with Gasteiger partial charge in [0.1, 0.15) is 0 Å². The standard InChI is InChI=1S/C13H11F3N2OS/c14-13(15,16)5-6-17-12(19)10-3-1-9(2-4-10)11-7-20-8-18-11/h1-4,7-8H,5-6H2,(H,17,19). The Balaban J connectivity index is 1.94. The summed E-state index contributed by atoms with van der Waals surface area (Å²) in [6, 6.07) is 6.57. The third kappa shape index (κ3) is 4.06. The van der Waals surface area contributed by atoms with Gasteiger partial charge in [-0.3, -0.25) is 4.79 Å². The van der Waals surface area contributed by atoms with Crippen LogP contribution in [0, 0.1) is 0 Å². The van der Waals surface area contributed by atoms with Crippen LogP contribution in [-0.2, 0) is 0 Å². The number of nitrogens with one attached hydrogen (secondary N) is 1. The van der Waals surface area contributed by atoms with Crippen LogP contribution in [0.2, 0.25) is 0 Å². The van der Waals surface area contributed by atoms with Gasteiger partial charge in [0, 0.05) is 23.1 Å². The van der Waals surface area contributed by atoms with Crippen molar-refractivity contribution in [3.63, 3.8) is 0 Å². The molecule has 0 saturated heterocycles. The Kier molecular flexibility index (Phi) is 4.39. The number of carbonyl (C=O) groups excluding carboxylic acids is 1. The number of thiazole rings is 1. The van der Waals surface area contributed by atoms with Crippen molar-refractivity contribution in [3.05, 3.63) is 40.7 Å². The molecule has 3 nitrogen and oxygen atoms in total. The van der Waals surface area contributed by atoms with Crippen LogP contribution in [0.4, 0.5) is 13.2 Å². The van der Waals surface area contributed by atoms with Crippen LogP contribution in [0.1, 0.15) is 16.8 Å². The second-order valence-electron chi connectivity index (χ2n) is 4.07. The molecule has 0 radical (unpaired) electrons. The molecule has 0 saturated carbocycles. The number of halogens is 3. The first-order valence-corrected chi connectivity index (χ1v) is 6.73. The van der Waals surface area contributed by atoms with Gasteiger partial charge in [0.05, 0.1) is 17.6 Å². The highest BCUT2D eigenvalue weighted by Gasteiger charge is 2.26. The Bertz CT molecular complexity index is 564. The minimum atomic E-state index is -4.26. The number of amides is 1. The third-order valence-electron chi connectivity index (χ3n) is 2.57. The molecular weight excluding hydrogens is 289 g/mol. The molecule has 106 valence electrons. The maximum Gasteiger partial charge on any atom is 0.390 e. The normalized spacial score (nSPS) is 11.3. The molecule has 2 rings (SSSR count). The number of alkyl halides is 3. The van der Waals surface area contributed by atoms with Gasteiger partial charge in [-0.25, -0.2) is 4.98 Å². The molecular formula is C13H11F3N2OS. The van der Waals surface area contributed by atoms with E-state index in [4.69, 9.17) is 0 Å². The molecule has 1 heterocycles. The number of nitrogens with zero attached hydrogens (tertiary/aromatic N) is 1. The number of carbonyl (C=O) groups is 1. The zero-order chi connectivity index (χ0) is 14.6. The summed E-state index contributed by atoms with van der Waals surface area (Å²) in [4.78, 5) is 15.8. The molecule has 1 aromatic carbocycles. The Labute approximate surface area is 117 Å². The summed E-state index contributed by atoms with van der Waals surface area (Å²) in [6.07, 6.45) is -5.29. The number of hydrogen-bond acceptors (Lipinski definition) is 3. The zero-order valence-corrected chi connectivity index (χ0v) is 11.1. The summed E-state index contributed by atoms with van der Waals surface area (Å²) >= 11 is 1.46. The Hall–Kier alpha value is -1.89. The zero-order valence-electron chi connectivity index (χ0n) is 10.3. The number of benzene rings is 1. The molecule has 0 aliphatic rings. The summed E-state index contributed by atoms with van der Waals surface area (Å²) in [5.74, 6) is -0.515. The highest BCUT2D eigenvalue weighted by molar-refractivity contribution is 7.07. The first-order valence-electron chi connectivity index (χ1n) is 5.79. The van der Waals surface area contributed by atoms with E-state index in [1.54, 1.807) is 29.8 Å². The second-order valence-corrected chi connectivity index (χ2v) is 4.79. The van der Waals surface area contributed by atoms with Gasteiger partial charge in [-0.2, -0.15) is 13.2 Å². The van der Waals surface area contributed by atoms with E-state index in [-0.39, 0.29) is 0 Å². The fraction of sp³-hybridized carbons (Fsp3) is 0.231. The van der Waals surface area contributed by atoms with Crippen LogP contribution >= 0.6 is 11.3 Å². The number of rotatable bonds is 4. The van der Waals surface area contributed by atoms with Gasteiger partial charge >= 0.3 is 6.18 Å². The summed E-state index contributed by atoms with van der Waals surface area (Å²) in [5.41, 5.74) is 3.69. The molecule has 0 fully saturated rings. The lowest BCUT2D eigenvalue weighted by molar-refractivity contribution is -0.132. The fourth-order valence-corrected chi connectivity index (χ4v) is 2.13. The smallest absolute Gasteiger partial charge is 0.352 e. The lowest BCUT2D eigenvalue weighted by Gasteiger charge is -2.08. The van der Waals surface area contributed by atoms with Crippen LogP contribution in [0.25, 0.3) is 11.3 Å². The quantitative estimate of drug-likeness (QED) is 0.939. The van der Waals surface area contributed by atoms with Crippen molar-refractivity contribution in [1.82, 2.24) is 10.3 Å². The molecule has 1 N–H and O–H groups in total. The first kappa shape index (κ1) is 14.5. The summed E-state index contributed by atoms with van der Waals surface area (Å²) in [7, 11) is 0. The van der Waals surface area contributed by atoms with Gasteiger partial charge in [-0.05, 0) is 12.1 Å². The lowest BCUT2D eigenvalue weighted by atomic mass is 10.1. The maximum absolute atomic E-state index is 12.0. The third-order valence-corrected chi connectivity index (χ3v) is 3.16. The molecule has 2 aromatic rings. The summed E-state index contributed by atoms with van der Waals surface area (Å²) in [6.45, 7) is -0.420. The predicted molar refractivity (Wildman–Crippen MR) is 70.6 cm³/mol. The van der Waals surface area contributed by atoms with E-state index < -0.39 is 25.0 Å². The molecule has 0 atom stereocenters. The molecule has 0 aliphatic heterocycles. The molecule has 0 bridgehead atoms. The Morgan fingerprint density at radius 1 is 1.25 bits per heavy atom. The topological polar surface area (TPSA) is 42.0 Å². The van der Waals surface area contributed by atoms with Crippen LogP contribution in [0.5, 0.6) is 0 Å². The largest absolute Gasteiger partial charge is 0.390 e. The van der Waals surface area contributed by atoms with Crippen molar-refractivity contribution in [2.45, 2.75) is 12.6 Å². The average molecular weight is 300 g/mol. The van der Waals surface area contributed by atoms with Gasteiger partial charge in [0.2, 0.25) is 0 Å². The van der Waals surface area contributed by atoms with E-state index in [1.807, 2.05) is 5.38 Å². The van der Waals surface area contributed by atoms with E-state index in [0.29, 0.717) is 5.56 Å². The van der Waals surface area contributed by atoms with Gasteiger partial charge in [0.15, 0.2) is 0 Å². The van der Waals surface area contributed by atoms with Crippen molar-refractivity contribution >= 4 is 17.2 Å². The van der Waals surface area contributed by atoms with Gasteiger partial charge < -0.3 is 5.32 Å². The average Bonchev–Trinajstić information content (AvgIpc) is 2.91. The molecule has 20 heavy (non-hydrogen) atoms. The van der Waals surface area contributed by atoms with E-state index in [0.717, 1.165) is 11.3 Å². The monoisotopic (exact) mass is 300 g/mol. The second kappa shape index (κ2) is 6.04. The van der Waals surface area contributed by atoms with E-state index in [2.05, 4.69) is 10.3 Å². The van der Waals surface area contributed by atoms with Gasteiger partial charge in [-0.1, -0.05) is 12.1 Å². The number of hydrogen-bond donors (Lipinski definition) is 1. The molecule has 0 unspecified atom stereocenters. The minimum Gasteiger partial charge on any atom is -0.352 e. The Morgan fingerprint density at radius 3 is 2.50 bits per heavy atom. The van der Waals surface area contributed by atoms with Crippen molar-refractivity contribution in [2.24, 2.45) is 0 Å². The van der Waals surface area contributed by atoms with Gasteiger partial charge in [0.25, 0.3) is 5.91 Å². The molecule has 1 aromatic heterocycles. The summed E-state index contributed by atoms with van der Waals surface area (Å²) in [5, 5.41) is 4.11. The van der Waals surface area contributed by atoms with Crippen molar-refractivity contribution in [1.29, 1.82) is 0 Å². The van der Waals surface area contributed by atoms with Gasteiger partial charge in [-0.15, -0.1) is 11.3 Å². The van der Waals surface area contributed by atoms with Crippen LogP contribution in [-0.4, -0.2) is 23.6 Å². The van der Waals surface area contributed by atoms with Crippen LogP contribution < -0.4 is 5.32 Å². The van der Waals surface area contributed by atoms with Crippen molar-refractivity contribution in [2.75, 3.05) is 6.54 Å². The van der Waals surface area contributed by atoms with Crippen LogP contribution in [0.3, 0.4) is 0 Å². The highest BCUT2D eigenvalue weighted by atomic mass is 32.1. The van der Waals surface area contributed by atoms with Crippen LogP contribution in [0.15, 0.2) is 35.2 Å². The fourth-order valence-electron chi connectivity index (χ4n) is 1.57. The van der Waals surface area contributed by atoms with Crippen molar-refractivity contribution in [3.8, 4) is 11.3 Å². The Morgan fingerprint density at radius 2 is 1.95 bits per heavy atom. The molecule has 7 heteroatoms. The first-order chi connectivity index (χ1) is 9.46. The van der Waals surface area contributed by atoms with Crippen molar-refractivity contribution < 1.29 is 18.0 Å². The number of aromatic nitrogens is 1. The van der Waals surface area contributed by atoms with E-state index in [1.165, 1.54) is 11.3 Å². The summed E-state index contributed by atoms with van der Waals surface area (Å²) < 4.78 is 35.9. The predicted octanol–water partition coefficient (Wildman–Crippen LogP) is 3.49. The minimum absolute atomic E-state index is 0.325. The molecule has 0 spiro atoms. The van der Waals surface area contributed by atoms with E-state index in [9.17, 15) is 18.0 Å². The lowest BCUT2D eigenvalue weighted by Crippen LogP contribution is -2.27. The maximum atomic E-state index is 12.0. The molecule has 0 aliphatic carbocycles. The highest BCUT2D eigenvalue weighted by Crippen LogP contribution is 2.20. The van der Waals surface area contributed by atoms with E-state index >= 15 is 0 Å². The molecule has 1 amide bonds.